The van der Waals surface area contributed by atoms with Gasteiger partial charge in [0.05, 0.1) is 0 Å². The Labute approximate surface area is 115 Å². The molecule has 0 aliphatic rings. The largest absolute Gasteiger partial charge is 0.478 e. The number of carbonyl (C=O) groups excluding carboxylic acids is 1. The second-order valence-corrected chi connectivity index (χ2v) is 5.05. The molecule has 3 N–H and O–H groups in total. The number of carboxylic acids is 1. The normalized spacial score (nSPS) is 11.2. The average molecular weight is 271 g/mol. The summed E-state index contributed by atoms with van der Waals surface area (Å²) in [6, 6.07) is 0. The molecule has 19 heavy (non-hydrogen) atoms. The van der Waals surface area contributed by atoms with Crippen molar-refractivity contribution in [2.75, 3.05) is 6.54 Å². The summed E-state index contributed by atoms with van der Waals surface area (Å²) in [5, 5.41) is 7.89. The van der Waals surface area contributed by atoms with E-state index < -0.39 is 11.6 Å². The number of carboxylic acid groups (broad SMARTS) is 1. The quantitative estimate of drug-likeness (QED) is 0.604. The van der Waals surface area contributed by atoms with Gasteiger partial charge < -0.3 is 15.6 Å². The molecule has 5 nitrogen and oxygen atoms in total. The zero-order valence-electron chi connectivity index (χ0n) is 12.4. The minimum atomic E-state index is -0.935. The van der Waals surface area contributed by atoms with E-state index >= 15 is 0 Å². The van der Waals surface area contributed by atoms with Crippen LogP contribution in [0, 0.1) is 0 Å². The highest BCUT2D eigenvalue weighted by molar-refractivity contribution is 5.88. The Bertz CT molecular complexity index is 339. The highest BCUT2D eigenvalue weighted by Gasteiger charge is 2.16. The molecule has 0 aromatic carbocycles. The lowest BCUT2D eigenvalue weighted by Crippen LogP contribution is -2.24. The molecular formula is C14H25NO4. The fourth-order valence-corrected chi connectivity index (χ4v) is 0.742. The van der Waals surface area contributed by atoms with Crippen molar-refractivity contribution in [3.8, 4) is 0 Å². The molecule has 0 bridgehead atoms. The molecule has 0 heterocycles. The summed E-state index contributed by atoms with van der Waals surface area (Å²) in [6.07, 6.45) is 2.51. The number of aliphatic carboxylic acids is 1. The van der Waals surface area contributed by atoms with E-state index in [1.165, 1.54) is 6.92 Å². The Balaban J connectivity index is 0. The van der Waals surface area contributed by atoms with E-state index in [4.69, 9.17) is 15.6 Å². The lowest BCUT2D eigenvalue weighted by molar-refractivity contribution is -0.149. The highest BCUT2D eigenvalue weighted by Crippen LogP contribution is 2.10. The number of rotatable bonds is 4. The van der Waals surface area contributed by atoms with Crippen molar-refractivity contribution in [3.63, 3.8) is 0 Å². The van der Waals surface area contributed by atoms with Crippen LogP contribution in [0.3, 0.4) is 0 Å². The van der Waals surface area contributed by atoms with Gasteiger partial charge in [0, 0.05) is 11.1 Å². The number of esters is 1. The summed E-state index contributed by atoms with van der Waals surface area (Å²) >= 11 is 0. The van der Waals surface area contributed by atoms with Crippen LogP contribution in [0.4, 0.5) is 0 Å². The van der Waals surface area contributed by atoms with E-state index in [0.29, 0.717) is 18.5 Å². The molecule has 0 radical (unpaired) electrons. The van der Waals surface area contributed by atoms with Crippen LogP contribution < -0.4 is 5.73 Å². The Morgan fingerprint density at radius 3 is 2.00 bits per heavy atom. The first-order valence-corrected chi connectivity index (χ1v) is 6.00. The van der Waals surface area contributed by atoms with Crippen molar-refractivity contribution in [2.24, 2.45) is 5.73 Å². The first kappa shape index (κ1) is 19.7. The van der Waals surface area contributed by atoms with Crippen LogP contribution in [-0.2, 0) is 14.3 Å². The fourth-order valence-electron chi connectivity index (χ4n) is 0.742. The monoisotopic (exact) mass is 271 g/mol. The van der Waals surface area contributed by atoms with Crippen LogP contribution in [0.2, 0.25) is 0 Å². The summed E-state index contributed by atoms with van der Waals surface area (Å²) in [5.41, 5.74) is 5.69. The first-order chi connectivity index (χ1) is 8.51. The van der Waals surface area contributed by atoms with E-state index in [1.54, 1.807) is 13.0 Å². The van der Waals surface area contributed by atoms with E-state index in [0.717, 1.165) is 0 Å². The molecular weight excluding hydrogens is 246 g/mol. The maximum atomic E-state index is 11.3. The van der Waals surface area contributed by atoms with Gasteiger partial charge in [0.1, 0.15) is 5.60 Å². The summed E-state index contributed by atoms with van der Waals surface area (Å²) in [4.78, 5) is 20.9. The van der Waals surface area contributed by atoms with Gasteiger partial charge in [-0.2, -0.15) is 0 Å². The number of hydrogen-bond donors (Lipinski definition) is 2. The van der Waals surface area contributed by atoms with Crippen molar-refractivity contribution >= 4 is 11.9 Å². The van der Waals surface area contributed by atoms with Crippen LogP contribution >= 0.6 is 0 Å². The first-order valence-electron chi connectivity index (χ1n) is 6.00. The Kier molecular flexibility index (Phi) is 9.68. The van der Waals surface area contributed by atoms with Gasteiger partial charge >= 0.3 is 11.9 Å². The van der Waals surface area contributed by atoms with Crippen LogP contribution in [0.1, 0.15) is 41.0 Å². The van der Waals surface area contributed by atoms with Crippen LogP contribution in [0.15, 0.2) is 23.8 Å². The van der Waals surface area contributed by atoms with Gasteiger partial charge in [0.2, 0.25) is 0 Å². The lowest BCUT2D eigenvalue weighted by atomic mass is 10.2. The molecule has 0 aliphatic heterocycles. The smallest absolute Gasteiger partial charge is 0.333 e. The van der Waals surface area contributed by atoms with Crippen molar-refractivity contribution in [1.29, 1.82) is 0 Å². The summed E-state index contributed by atoms with van der Waals surface area (Å²) in [7, 11) is 0. The number of ether oxygens (including phenoxy) is 1. The van der Waals surface area contributed by atoms with Crippen molar-refractivity contribution in [3.05, 3.63) is 23.8 Å². The zero-order chi connectivity index (χ0) is 15.6. The molecule has 0 aliphatic carbocycles. The third-order valence-electron chi connectivity index (χ3n) is 1.70. The molecule has 0 amide bonds. The second-order valence-electron chi connectivity index (χ2n) is 5.05. The van der Waals surface area contributed by atoms with Gasteiger partial charge in [-0.25, -0.2) is 9.59 Å². The van der Waals surface area contributed by atoms with E-state index in [-0.39, 0.29) is 11.5 Å². The Hall–Kier alpha value is -1.62. The second kappa shape index (κ2) is 9.33. The topological polar surface area (TPSA) is 89.6 Å². The van der Waals surface area contributed by atoms with Gasteiger partial charge in [-0.1, -0.05) is 12.7 Å². The molecule has 0 saturated carbocycles. The van der Waals surface area contributed by atoms with Crippen molar-refractivity contribution in [2.45, 2.75) is 46.6 Å². The summed E-state index contributed by atoms with van der Waals surface area (Å²) in [6.45, 7) is 12.4. The number of nitrogens with two attached hydrogens (primary N) is 1. The third kappa shape index (κ3) is 14.3. The minimum absolute atomic E-state index is 0.176. The average Bonchev–Trinajstić information content (AvgIpc) is 2.24. The molecule has 0 atom stereocenters. The number of carbonyl (C=O) groups is 2. The highest BCUT2D eigenvalue weighted by atomic mass is 16.6. The van der Waals surface area contributed by atoms with Crippen molar-refractivity contribution in [1.82, 2.24) is 0 Å². The van der Waals surface area contributed by atoms with Gasteiger partial charge in [0.15, 0.2) is 0 Å². The molecule has 0 aromatic rings. The minimum Gasteiger partial charge on any atom is -0.478 e. The lowest BCUT2D eigenvalue weighted by Gasteiger charge is -2.19. The zero-order valence-corrected chi connectivity index (χ0v) is 12.4. The standard InChI is InChI=1S/C10H19NO2.C4H6O2/c1-8(6-5-7-11)9(12)13-10(2,3)4;1-3(2)4(5)6/h6H,5,7,11H2,1-4H3;1H2,2H3,(H,5,6). The maximum absolute atomic E-state index is 11.3. The summed E-state index contributed by atoms with van der Waals surface area (Å²) < 4.78 is 5.15. The predicted octanol–water partition coefficient (Wildman–Crippen LogP) is 2.27. The molecule has 0 spiro atoms. The van der Waals surface area contributed by atoms with Crippen LogP contribution in [-0.4, -0.2) is 29.2 Å². The van der Waals surface area contributed by atoms with Gasteiger partial charge in [-0.05, 0) is 47.6 Å². The SMILES string of the molecule is C=C(C)C(=O)O.CC(=CCCN)C(=O)OC(C)(C)C. The molecule has 0 saturated heterocycles. The Morgan fingerprint density at radius 2 is 1.74 bits per heavy atom. The third-order valence-corrected chi connectivity index (χ3v) is 1.70. The van der Waals surface area contributed by atoms with Gasteiger partial charge in [-0.15, -0.1) is 0 Å². The molecule has 110 valence electrons. The van der Waals surface area contributed by atoms with E-state index in [9.17, 15) is 9.59 Å². The van der Waals surface area contributed by atoms with Crippen molar-refractivity contribution < 1.29 is 19.4 Å². The van der Waals surface area contributed by atoms with Gasteiger partial charge in [0.25, 0.3) is 0 Å². The molecule has 0 unspecified atom stereocenters. The molecule has 0 fully saturated rings. The predicted molar refractivity (Wildman–Crippen MR) is 75.7 cm³/mol. The van der Waals surface area contributed by atoms with E-state index in [2.05, 4.69) is 6.58 Å². The van der Waals surface area contributed by atoms with Crippen LogP contribution in [0.5, 0.6) is 0 Å². The molecule has 0 aromatic heterocycles. The fraction of sp³-hybridized carbons (Fsp3) is 0.571. The number of hydrogen-bond acceptors (Lipinski definition) is 4. The molecule has 5 heteroatoms. The summed E-state index contributed by atoms with van der Waals surface area (Å²) in [5.74, 6) is -1.20. The van der Waals surface area contributed by atoms with Gasteiger partial charge in [-0.3, -0.25) is 0 Å². The maximum Gasteiger partial charge on any atom is 0.333 e. The van der Waals surface area contributed by atoms with Crippen LogP contribution in [0.25, 0.3) is 0 Å². The van der Waals surface area contributed by atoms with E-state index in [1.807, 2.05) is 20.8 Å². The Morgan fingerprint density at radius 1 is 1.32 bits per heavy atom. The molecule has 0 rings (SSSR count).